The smallest absolute Gasteiger partial charge is 0.0860 e. The summed E-state index contributed by atoms with van der Waals surface area (Å²) in [5.41, 5.74) is 2.10. The summed E-state index contributed by atoms with van der Waals surface area (Å²) in [7, 11) is 0. The van der Waals surface area contributed by atoms with Crippen molar-refractivity contribution >= 4 is 50.5 Å². The zero-order valence-corrected chi connectivity index (χ0v) is 13.3. The molecule has 0 aliphatic heterocycles. The van der Waals surface area contributed by atoms with Crippen LogP contribution in [0, 0.1) is 13.8 Å². The Morgan fingerprint density at radius 3 is 2.47 bits per heavy atom. The number of rotatable bonds is 2. The molecule has 0 aliphatic carbocycles. The second-order valence-electron chi connectivity index (χ2n) is 3.90. The second-order valence-corrected chi connectivity index (χ2v) is 7.12. The SMILES string of the molecule is Cc1cc(C(Cl)c2cc(Br)ccc2Cl)c(C)s1. The molecular formula is C13H11BrCl2S. The molecule has 0 aliphatic rings. The van der Waals surface area contributed by atoms with Crippen LogP contribution in [0.1, 0.15) is 26.3 Å². The summed E-state index contributed by atoms with van der Waals surface area (Å²) < 4.78 is 0.993. The first-order valence-corrected chi connectivity index (χ1v) is 7.57. The fraction of sp³-hybridized carbons (Fsp3) is 0.231. The van der Waals surface area contributed by atoms with E-state index in [-0.39, 0.29) is 5.38 Å². The van der Waals surface area contributed by atoms with Crippen LogP contribution in [-0.2, 0) is 0 Å². The number of hydrogen-bond acceptors (Lipinski definition) is 1. The van der Waals surface area contributed by atoms with Crippen LogP contribution in [-0.4, -0.2) is 0 Å². The van der Waals surface area contributed by atoms with E-state index in [1.807, 2.05) is 18.2 Å². The predicted octanol–water partition coefficient (Wildman–Crippen LogP) is 6.11. The zero-order valence-electron chi connectivity index (χ0n) is 9.43. The highest BCUT2D eigenvalue weighted by Gasteiger charge is 2.18. The lowest BCUT2D eigenvalue weighted by Crippen LogP contribution is -1.94. The number of halogens is 3. The van der Waals surface area contributed by atoms with Crippen molar-refractivity contribution in [3.05, 3.63) is 54.6 Å². The molecule has 17 heavy (non-hydrogen) atoms. The molecular weight excluding hydrogens is 339 g/mol. The molecule has 1 unspecified atom stereocenters. The van der Waals surface area contributed by atoms with Gasteiger partial charge >= 0.3 is 0 Å². The summed E-state index contributed by atoms with van der Waals surface area (Å²) in [6.45, 7) is 4.18. The van der Waals surface area contributed by atoms with Gasteiger partial charge in [-0.2, -0.15) is 0 Å². The molecule has 0 radical (unpaired) electrons. The van der Waals surface area contributed by atoms with Crippen molar-refractivity contribution in [2.75, 3.05) is 0 Å². The van der Waals surface area contributed by atoms with E-state index in [1.54, 1.807) is 11.3 Å². The minimum absolute atomic E-state index is 0.190. The Balaban J connectivity index is 2.46. The van der Waals surface area contributed by atoms with Crippen molar-refractivity contribution in [3.8, 4) is 0 Å². The average molecular weight is 350 g/mol. The molecule has 0 nitrogen and oxygen atoms in total. The van der Waals surface area contributed by atoms with E-state index < -0.39 is 0 Å². The molecule has 1 aromatic heterocycles. The lowest BCUT2D eigenvalue weighted by atomic mass is 10.0. The van der Waals surface area contributed by atoms with Gasteiger partial charge in [0.25, 0.3) is 0 Å². The van der Waals surface area contributed by atoms with Crippen LogP contribution in [0.15, 0.2) is 28.7 Å². The molecule has 0 spiro atoms. The Morgan fingerprint density at radius 2 is 1.88 bits per heavy atom. The quantitative estimate of drug-likeness (QED) is 0.574. The summed E-state index contributed by atoms with van der Waals surface area (Å²) in [5.74, 6) is 0. The highest BCUT2D eigenvalue weighted by Crippen LogP contribution is 2.39. The number of hydrogen-bond donors (Lipinski definition) is 0. The number of thiophene rings is 1. The van der Waals surface area contributed by atoms with Gasteiger partial charge in [-0.05, 0) is 49.2 Å². The molecule has 0 saturated carbocycles. The maximum atomic E-state index is 6.53. The molecule has 1 heterocycles. The molecule has 0 fully saturated rings. The minimum Gasteiger partial charge on any atom is -0.146 e. The second kappa shape index (κ2) is 5.31. The first kappa shape index (κ1) is 13.4. The number of aryl methyl sites for hydroxylation is 2. The van der Waals surface area contributed by atoms with Gasteiger partial charge in [-0.15, -0.1) is 22.9 Å². The van der Waals surface area contributed by atoms with Crippen molar-refractivity contribution in [3.63, 3.8) is 0 Å². The van der Waals surface area contributed by atoms with Crippen molar-refractivity contribution < 1.29 is 0 Å². The van der Waals surface area contributed by atoms with Gasteiger partial charge < -0.3 is 0 Å². The molecule has 0 N–H and O–H groups in total. The van der Waals surface area contributed by atoms with E-state index in [0.29, 0.717) is 5.02 Å². The topological polar surface area (TPSA) is 0 Å². The van der Waals surface area contributed by atoms with Crippen LogP contribution in [0.5, 0.6) is 0 Å². The Kier molecular flexibility index (Phi) is 4.19. The minimum atomic E-state index is -0.190. The molecule has 1 atom stereocenters. The van der Waals surface area contributed by atoms with E-state index in [9.17, 15) is 0 Å². The van der Waals surface area contributed by atoms with Gasteiger partial charge in [0.05, 0.1) is 5.38 Å². The predicted molar refractivity (Wildman–Crippen MR) is 80.6 cm³/mol. The summed E-state index contributed by atoms with van der Waals surface area (Å²) in [6, 6.07) is 7.90. The van der Waals surface area contributed by atoms with Crippen molar-refractivity contribution in [2.45, 2.75) is 19.2 Å². The Morgan fingerprint density at radius 1 is 1.18 bits per heavy atom. The third-order valence-corrected chi connectivity index (χ3v) is 4.87. The maximum absolute atomic E-state index is 6.53. The first-order chi connectivity index (χ1) is 7.99. The molecule has 1 aromatic carbocycles. The summed E-state index contributed by atoms with van der Waals surface area (Å²) in [5, 5.41) is 0.515. The standard InChI is InChI=1S/C13H11BrCl2S/c1-7-5-10(8(2)17-7)13(16)11-6-9(14)3-4-12(11)15/h3-6,13H,1-2H3. The average Bonchev–Trinajstić information content (AvgIpc) is 2.60. The van der Waals surface area contributed by atoms with Gasteiger partial charge in [-0.25, -0.2) is 0 Å². The van der Waals surface area contributed by atoms with Gasteiger partial charge in [0, 0.05) is 19.2 Å². The molecule has 0 amide bonds. The normalized spacial score (nSPS) is 12.8. The van der Waals surface area contributed by atoms with Crippen molar-refractivity contribution in [1.82, 2.24) is 0 Å². The van der Waals surface area contributed by atoms with Gasteiger partial charge in [0.15, 0.2) is 0 Å². The Hall–Kier alpha value is -0.0200. The highest BCUT2D eigenvalue weighted by atomic mass is 79.9. The highest BCUT2D eigenvalue weighted by molar-refractivity contribution is 9.10. The lowest BCUT2D eigenvalue weighted by Gasteiger charge is -2.12. The number of benzene rings is 1. The zero-order chi connectivity index (χ0) is 12.6. The van der Waals surface area contributed by atoms with Crippen LogP contribution in [0.2, 0.25) is 5.02 Å². The summed E-state index contributed by atoms with van der Waals surface area (Å²) >= 11 is 17.9. The van der Waals surface area contributed by atoms with Gasteiger partial charge in [0.2, 0.25) is 0 Å². The first-order valence-electron chi connectivity index (χ1n) is 5.15. The third-order valence-electron chi connectivity index (χ3n) is 2.58. The van der Waals surface area contributed by atoms with Crippen LogP contribution in [0.3, 0.4) is 0 Å². The van der Waals surface area contributed by atoms with Crippen LogP contribution in [0.4, 0.5) is 0 Å². The Bertz CT molecular complexity index is 548. The molecule has 2 rings (SSSR count). The maximum Gasteiger partial charge on any atom is 0.0860 e. The monoisotopic (exact) mass is 348 g/mol. The van der Waals surface area contributed by atoms with Gasteiger partial charge in [0.1, 0.15) is 0 Å². The largest absolute Gasteiger partial charge is 0.146 e. The summed E-state index contributed by atoms with van der Waals surface area (Å²) in [6.07, 6.45) is 0. The van der Waals surface area contributed by atoms with Gasteiger partial charge in [-0.3, -0.25) is 0 Å². The number of alkyl halides is 1. The molecule has 0 bridgehead atoms. The van der Waals surface area contributed by atoms with Gasteiger partial charge in [-0.1, -0.05) is 27.5 Å². The van der Waals surface area contributed by atoms with Crippen molar-refractivity contribution in [2.24, 2.45) is 0 Å². The van der Waals surface area contributed by atoms with E-state index in [4.69, 9.17) is 23.2 Å². The molecule has 2 aromatic rings. The Labute approximate surface area is 124 Å². The summed E-state index contributed by atoms with van der Waals surface area (Å²) in [4.78, 5) is 2.52. The van der Waals surface area contributed by atoms with Crippen LogP contribution in [0.25, 0.3) is 0 Å². The van der Waals surface area contributed by atoms with Crippen LogP contribution >= 0.6 is 50.5 Å². The third kappa shape index (κ3) is 2.87. The van der Waals surface area contributed by atoms with Crippen LogP contribution < -0.4 is 0 Å². The molecule has 90 valence electrons. The van der Waals surface area contributed by atoms with E-state index in [1.165, 1.54) is 9.75 Å². The fourth-order valence-electron chi connectivity index (χ4n) is 1.78. The van der Waals surface area contributed by atoms with E-state index >= 15 is 0 Å². The van der Waals surface area contributed by atoms with E-state index in [0.717, 1.165) is 15.6 Å². The van der Waals surface area contributed by atoms with E-state index in [2.05, 4.69) is 35.8 Å². The molecule has 0 saturated heterocycles. The lowest BCUT2D eigenvalue weighted by molar-refractivity contribution is 1.13. The fourth-order valence-corrected chi connectivity index (χ4v) is 3.88. The van der Waals surface area contributed by atoms with Crippen molar-refractivity contribution in [1.29, 1.82) is 0 Å². The molecule has 4 heteroatoms.